The van der Waals surface area contributed by atoms with Crippen molar-refractivity contribution in [2.24, 2.45) is 0 Å². The standard InChI is InChI=1S/C17H14F3NO5/c1-10(22)11-2-4-12(5-3-11)13-6-7-14(26-13)16(24)25-8-15(23)21-9-17(18,19)20/h2-7H,8-9H2,1H3,(H,21,23). The van der Waals surface area contributed by atoms with Crippen LogP contribution in [0.2, 0.25) is 0 Å². The number of rotatable bonds is 6. The summed E-state index contributed by atoms with van der Waals surface area (Å²) in [6.45, 7) is -0.941. The minimum absolute atomic E-state index is 0.0935. The van der Waals surface area contributed by atoms with Crippen LogP contribution in [0.1, 0.15) is 27.8 Å². The smallest absolute Gasteiger partial charge is 0.405 e. The minimum Gasteiger partial charge on any atom is -0.450 e. The molecule has 2 aromatic rings. The third kappa shape index (κ3) is 5.47. The van der Waals surface area contributed by atoms with E-state index in [1.807, 2.05) is 0 Å². The van der Waals surface area contributed by atoms with Gasteiger partial charge in [0.25, 0.3) is 5.91 Å². The van der Waals surface area contributed by atoms with Crippen molar-refractivity contribution in [1.82, 2.24) is 5.32 Å². The Hall–Kier alpha value is -3.10. The molecule has 0 bridgehead atoms. The number of ketones is 1. The molecule has 0 atom stereocenters. The number of carbonyl (C=O) groups excluding carboxylic acids is 3. The molecule has 0 saturated heterocycles. The topological polar surface area (TPSA) is 85.6 Å². The van der Waals surface area contributed by atoms with Crippen LogP contribution in [-0.2, 0) is 9.53 Å². The van der Waals surface area contributed by atoms with Crippen LogP contribution in [0.4, 0.5) is 13.2 Å². The van der Waals surface area contributed by atoms with Crippen LogP contribution in [0.5, 0.6) is 0 Å². The van der Waals surface area contributed by atoms with Crippen molar-refractivity contribution in [3.05, 3.63) is 47.7 Å². The second-order valence-corrected chi connectivity index (χ2v) is 5.27. The number of amides is 1. The summed E-state index contributed by atoms with van der Waals surface area (Å²) >= 11 is 0. The zero-order valence-corrected chi connectivity index (χ0v) is 13.6. The van der Waals surface area contributed by atoms with Crippen LogP contribution in [-0.4, -0.2) is 37.0 Å². The number of Topliss-reactive ketones (excluding diaryl/α,β-unsaturated/α-hetero) is 1. The molecule has 1 aromatic heterocycles. The first kappa shape index (κ1) is 19.2. The fraction of sp³-hybridized carbons (Fsp3) is 0.235. The number of hydrogen-bond donors (Lipinski definition) is 1. The van der Waals surface area contributed by atoms with Crippen LogP contribution in [0.3, 0.4) is 0 Å². The summed E-state index contributed by atoms with van der Waals surface area (Å²) < 4.78 is 45.8. The van der Waals surface area contributed by atoms with Gasteiger partial charge in [-0.1, -0.05) is 24.3 Å². The Morgan fingerprint density at radius 2 is 1.73 bits per heavy atom. The summed E-state index contributed by atoms with van der Waals surface area (Å²) in [5.74, 6) is -2.04. The number of halogens is 3. The third-order valence-corrected chi connectivity index (χ3v) is 3.20. The second kappa shape index (κ2) is 7.85. The number of carbonyl (C=O) groups is 3. The molecular weight excluding hydrogens is 355 g/mol. The number of benzene rings is 1. The summed E-state index contributed by atoms with van der Waals surface area (Å²) in [7, 11) is 0. The first-order chi connectivity index (χ1) is 12.2. The van der Waals surface area contributed by atoms with Crippen molar-refractivity contribution in [3.8, 4) is 11.3 Å². The summed E-state index contributed by atoms with van der Waals surface area (Å²) in [6, 6.07) is 9.27. The maximum Gasteiger partial charge on any atom is 0.405 e. The van der Waals surface area contributed by atoms with E-state index in [1.165, 1.54) is 19.1 Å². The van der Waals surface area contributed by atoms with E-state index in [0.29, 0.717) is 16.9 Å². The molecule has 6 nitrogen and oxygen atoms in total. The lowest BCUT2D eigenvalue weighted by molar-refractivity contribution is -0.140. The van der Waals surface area contributed by atoms with Crippen molar-refractivity contribution < 1.29 is 36.7 Å². The Kier molecular flexibility index (Phi) is 5.81. The highest BCUT2D eigenvalue weighted by molar-refractivity contribution is 5.94. The molecule has 0 aliphatic heterocycles. The Bertz CT molecular complexity index is 809. The van der Waals surface area contributed by atoms with Gasteiger partial charge in [-0.3, -0.25) is 9.59 Å². The van der Waals surface area contributed by atoms with E-state index >= 15 is 0 Å². The van der Waals surface area contributed by atoms with Crippen LogP contribution < -0.4 is 5.32 Å². The van der Waals surface area contributed by atoms with E-state index < -0.39 is 31.2 Å². The average Bonchev–Trinajstić information content (AvgIpc) is 3.07. The predicted octanol–water partition coefficient (Wildman–Crippen LogP) is 2.98. The van der Waals surface area contributed by atoms with Crippen LogP contribution >= 0.6 is 0 Å². The van der Waals surface area contributed by atoms with Gasteiger partial charge < -0.3 is 14.5 Å². The van der Waals surface area contributed by atoms with Crippen molar-refractivity contribution in [2.75, 3.05) is 13.2 Å². The molecule has 1 amide bonds. The molecule has 9 heteroatoms. The van der Waals surface area contributed by atoms with E-state index in [4.69, 9.17) is 4.42 Å². The number of furan rings is 1. The Labute approximate surface area is 145 Å². The van der Waals surface area contributed by atoms with Crippen LogP contribution in [0.25, 0.3) is 11.3 Å². The first-order valence-electron chi connectivity index (χ1n) is 7.37. The fourth-order valence-electron chi connectivity index (χ4n) is 1.92. The highest BCUT2D eigenvalue weighted by Gasteiger charge is 2.28. The minimum atomic E-state index is -4.55. The molecular formula is C17H14F3NO5. The molecule has 0 radical (unpaired) electrons. The maximum absolute atomic E-state index is 12.0. The molecule has 0 spiro atoms. The van der Waals surface area contributed by atoms with E-state index in [0.717, 1.165) is 0 Å². The molecule has 0 unspecified atom stereocenters. The Morgan fingerprint density at radius 3 is 2.31 bits per heavy atom. The number of nitrogens with one attached hydrogen (secondary N) is 1. The molecule has 0 saturated carbocycles. The quantitative estimate of drug-likeness (QED) is 0.625. The molecule has 26 heavy (non-hydrogen) atoms. The van der Waals surface area contributed by atoms with Gasteiger partial charge in [0.05, 0.1) is 0 Å². The summed E-state index contributed by atoms with van der Waals surface area (Å²) in [5, 5.41) is 1.58. The molecule has 1 heterocycles. The van der Waals surface area contributed by atoms with Crippen LogP contribution in [0.15, 0.2) is 40.8 Å². The van der Waals surface area contributed by atoms with Crippen molar-refractivity contribution in [1.29, 1.82) is 0 Å². The number of hydrogen-bond acceptors (Lipinski definition) is 5. The van der Waals surface area contributed by atoms with Gasteiger partial charge in [0.1, 0.15) is 12.3 Å². The van der Waals surface area contributed by atoms with Gasteiger partial charge in [-0.25, -0.2) is 4.79 Å². The molecule has 2 rings (SSSR count). The SMILES string of the molecule is CC(=O)c1ccc(-c2ccc(C(=O)OCC(=O)NCC(F)(F)F)o2)cc1. The lowest BCUT2D eigenvalue weighted by Crippen LogP contribution is -2.36. The van der Waals surface area contributed by atoms with E-state index in [1.54, 1.807) is 29.6 Å². The lowest BCUT2D eigenvalue weighted by atomic mass is 10.1. The third-order valence-electron chi connectivity index (χ3n) is 3.20. The zero-order chi connectivity index (χ0) is 19.3. The number of alkyl halides is 3. The summed E-state index contributed by atoms with van der Waals surface area (Å²) in [6.07, 6.45) is -4.55. The zero-order valence-electron chi connectivity index (χ0n) is 13.6. The first-order valence-corrected chi connectivity index (χ1v) is 7.37. The molecule has 0 aliphatic carbocycles. The van der Waals surface area contributed by atoms with E-state index in [2.05, 4.69) is 4.74 Å². The van der Waals surface area contributed by atoms with E-state index in [9.17, 15) is 27.6 Å². The molecule has 0 fully saturated rings. The van der Waals surface area contributed by atoms with Crippen molar-refractivity contribution >= 4 is 17.7 Å². The average molecular weight is 369 g/mol. The van der Waals surface area contributed by atoms with Gasteiger partial charge in [-0.2, -0.15) is 13.2 Å². The van der Waals surface area contributed by atoms with Gasteiger partial charge in [0.2, 0.25) is 5.76 Å². The molecule has 1 aromatic carbocycles. The number of esters is 1. The van der Waals surface area contributed by atoms with Crippen LogP contribution in [0, 0.1) is 0 Å². The highest BCUT2D eigenvalue weighted by atomic mass is 19.4. The molecule has 138 valence electrons. The molecule has 0 aliphatic rings. The second-order valence-electron chi connectivity index (χ2n) is 5.27. The largest absolute Gasteiger partial charge is 0.450 e. The van der Waals surface area contributed by atoms with Gasteiger partial charge in [-0.05, 0) is 19.1 Å². The Morgan fingerprint density at radius 1 is 1.08 bits per heavy atom. The predicted molar refractivity (Wildman–Crippen MR) is 83.5 cm³/mol. The number of ether oxygens (including phenoxy) is 1. The van der Waals surface area contributed by atoms with Gasteiger partial charge >= 0.3 is 12.1 Å². The van der Waals surface area contributed by atoms with Crippen molar-refractivity contribution in [3.63, 3.8) is 0 Å². The monoisotopic (exact) mass is 369 g/mol. The maximum atomic E-state index is 12.0. The van der Waals surface area contributed by atoms with Crippen molar-refractivity contribution in [2.45, 2.75) is 13.1 Å². The van der Waals surface area contributed by atoms with Gasteiger partial charge in [0.15, 0.2) is 12.4 Å². The summed E-state index contributed by atoms with van der Waals surface area (Å²) in [4.78, 5) is 34.2. The fourth-order valence-corrected chi connectivity index (χ4v) is 1.92. The highest BCUT2D eigenvalue weighted by Crippen LogP contribution is 2.23. The molecule has 1 N–H and O–H groups in total. The normalized spacial score (nSPS) is 11.1. The Balaban J connectivity index is 1.93. The van der Waals surface area contributed by atoms with Gasteiger partial charge in [-0.15, -0.1) is 0 Å². The lowest BCUT2D eigenvalue weighted by Gasteiger charge is -2.08. The van der Waals surface area contributed by atoms with Gasteiger partial charge in [0, 0.05) is 11.1 Å². The summed E-state index contributed by atoms with van der Waals surface area (Å²) in [5.41, 5.74) is 1.13. The van der Waals surface area contributed by atoms with E-state index in [-0.39, 0.29) is 11.5 Å².